The average Bonchev–Trinajstić information content (AvgIpc) is 3.34. The normalized spacial score (nSPS) is 22.7. The van der Waals surface area contributed by atoms with Crippen molar-refractivity contribution in [2.45, 2.75) is 31.7 Å². The molecule has 21 heavy (non-hydrogen) atoms. The van der Waals surface area contributed by atoms with Gasteiger partial charge in [0.1, 0.15) is 0 Å². The molecule has 1 aromatic carbocycles. The van der Waals surface area contributed by atoms with E-state index in [2.05, 4.69) is 29.6 Å². The Morgan fingerprint density at radius 3 is 2.52 bits per heavy atom. The van der Waals surface area contributed by atoms with Gasteiger partial charge in [-0.2, -0.15) is 0 Å². The fourth-order valence-electron chi connectivity index (χ4n) is 3.22. The molecule has 0 aromatic heterocycles. The van der Waals surface area contributed by atoms with E-state index in [0.29, 0.717) is 31.7 Å². The van der Waals surface area contributed by atoms with Gasteiger partial charge in [0.2, 0.25) is 5.91 Å². The average molecular weight is 288 g/mol. The molecule has 3 rings (SSSR count). The van der Waals surface area contributed by atoms with E-state index in [9.17, 15) is 4.79 Å². The molecule has 0 unspecified atom stereocenters. The van der Waals surface area contributed by atoms with Gasteiger partial charge < -0.3 is 15.8 Å². The van der Waals surface area contributed by atoms with Gasteiger partial charge in [-0.1, -0.05) is 30.3 Å². The number of nitrogens with one attached hydrogen (secondary N) is 1. The molecule has 0 radical (unpaired) electrons. The summed E-state index contributed by atoms with van der Waals surface area (Å²) in [7, 11) is 0. The number of primary amides is 1. The Labute approximate surface area is 126 Å². The zero-order chi connectivity index (χ0) is 14.7. The maximum Gasteiger partial charge on any atom is 0.225 e. The molecule has 0 bridgehead atoms. The predicted molar refractivity (Wildman–Crippen MR) is 81.6 cm³/mol. The Morgan fingerprint density at radius 2 is 1.95 bits per heavy atom. The van der Waals surface area contributed by atoms with E-state index in [1.807, 2.05) is 6.07 Å². The second-order valence-electron chi connectivity index (χ2n) is 6.36. The molecule has 1 aromatic rings. The van der Waals surface area contributed by atoms with Crippen molar-refractivity contribution in [2.75, 3.05) is 19.8 Å². The van der Waals surface area contributed by atoms with Crippen LogP contribution in [-0.4, -0.2) is 25.7 Å². The van der Waals surface area contributed by atoms with E-state index in [1.54, 1.807) is 0 Å². The highest BCUT2D eigenvalue weighted by Crippen LogP contribution is 2.41. The maximum absolute atomic E-state index is 11.9. The molecular formula is C17H24N2O2. The van der Waals surface area contributed by atoms with Gasteiger partial charge in [-0.05, 0) is 37.2 Å². The molecule has 1 atom stereocenters. The summed E-state index contributed by atoms with van der Waals surface area (Å²) in [6, 6.07) is 10.9. The topological polar surface area (TPSA) is 64.4 Å². The largest absolute Gasteiger partial charge is 0.381 e. The van der Waals surface area contributed by atoms with E-state index in [1.165, 1.54) is 18.4 Å². The van der Waals surface area contributed by atoms with Crippen LogP contribution >= 0.6 is 0 Å². The molecule has 1 saturated heterocycles. The van der Waals surface area contributed by atoms with Gasteiger partial charge >= 0.3 is 0 Å². The lowest BCUT2D eigenvalue weighted by molar-refractivity contribution is -0.133. The molecule has 1 heterocycles. The summed E-state index contributed by atoms with van der Waals surface area (Å²) in [4.78, 5) is 11.9. The monoisotopic (exact) mass is 288 g/mol. The van der Waals surface area contributed by atoms with E-state index in [4.69, 9.17) is 10.5 Å². The first-order valence-electron chi connectivity index (χ1n) is 7.87. The Morgan fingerprint density at radius 1 is 1.29 bits per heavy atom. The molecule has 4 heteroatoms. The van der Waals surface area contributed by atoms with Crippen LogP contribution in [0.15, 0.2) is 30.3 Å². The van der Waals surface area contributed by atoms with Crippen LogP contribution in [0.3, 0.4) is 0 Å². The van der Waals surface area contributed by atoms with Gasteiger partial charge in [-0.15, -0.1) is 0 Å². The smallest absolute Gasteiger partial charge is 0.225 e. The minimum atomic E-state index is -0.444. The Kier molecular flexibility index (Phi) is 4.27. The van der Waals surface area contributed by atoms with Gasteiger partial charge in [0.15, 0.2) is 0 Å². The van der Waals surface area contributed by atoms with Crippen molar-refractivity contribution in [1.29, 1.82) is 0 Å². The first kappa shape index (κ1) is 14.5. The quantitative estimate of drug-likeness (QED) is 0.841. The third-order valence-corrected chi connectivity index (χ3v) is 4.89. The number of hydrogen-bond donors (Lipinski definition) is 2. The SMILES string of the molecule is NC(=O)C1(CN[C@H](c2ccccc2)C2CC2)CCOCC1. The van der Waals surface area contributed by atoms with Crippen LogP contribution in [0.5, 0.6) is 0 Å². The highest BCUT2D eigenvalue weighted by molar-refractivity contribution is 5.81. The van der Waals surface area contributed by atoms with E-state index < -0.39 is 5.41 Å². The zero-order valence-electron chi connectivity index (χ0n) is 12.4. The van der Waals surface area contributed by atoms with Crippen LogP contribution in [0, 0.1) is 11.3 Å². The summed E-state index contributed by atoms with van der Waals surface area (Å²) < 4.78 is 5.39. The van der Waals surface area contributed by atoms with Crippen LogP contribution in [0.4, 0.5) is 0 Å². The highest BCUT2D eigenvalue weighted by Gasteiger charge is 2.40. The Bertz CT molecular complexity index is 479. The van der Waals surface area contributed by atoms with Crippen molar-refractivity contribution in [3.05, 3.63) is 35.9 Å². The number of benzene rings is 1. The summed E-state index contributed by atoms with van der Waals surface area (Å²) in [6.45, 7) is 1.91. The van der Waals surface area contributed by atoms with Gasteiger partial charge in [0, 0.05) is 25.8 Å². The van der Waals surface area contributed by atoms with Gasteiger partial charge in [-0.3, -0.25) is 4.79 Å². The lowest BCUT2D eigenvalue weighted by Gasteiger charge is -2.36. The minimum Gasteiger partial charge on any atom is -0.381 e. The maximum atomic E-state index is 11.9. The fourth-order valence-corrected chi connectivity index (χ4v) is 3.22. The molecule has 1 aliphatic carbocycles. The van der Waals surface area contributed by atoms with E-state index in [0.717, 1.165) is 12.8 Å². The molecule has 2 fully saturated rings. The van der Waals surface area contributed by atoms with Crippen molar-refractivity contribution < 1.29 is 9.53 Å². The lowest BCUT2D eigenvalue weighted by Crippen LogP contribution is -2.49. The van der Waals surface area contributed by atoms with Crippen LogP contribution in [0.2, 0.25) is 0 Å². The van der Waals surface area contributed by atoms with Crippen LogP contribution in [0.1, 0.15) is 37.3 Å². The first-order valence-corrected chi connectivity index (χ1v) is 7.87. The number of rotatable bonds is 6. The molecular weight excluding hydrogens is 264 g/mol. The van der Waals surface area contributed by atoms with Crippen molar-refractivity contribution >= 4 is 5.91 Å². The molecule has 4 nitrogen and oxygen atoms in total. The summed E-state index contributed by atoms with van der Waals surface area (Å²) in [5.74, 6) is 0.498. The number of carbonyl (C=O) groups is 1. The molecule has 2 aliphatic rings. The van der Waals surface area contributed by atoms with E-state index >= 15 is 0 Å². The van der Waals surface area contributed by atoms with Crippen LogP contribution in [0.25, 0.3) is 0 Å². The van der Waals surface area contributed by atoms with Gasteiger partial charge in [0.25, 0.3) is 0 Å². The minimum absolute atomic E-state index is 0.194. The van der Waals surface area contributed by atoms with Crippen molar-refractivity contribution in [3.8, 4) is 0 Å². The summed E-state index contributed by atoms with van der Waals surface area (Å²) >= 11 is 0. The highest BCUT2D eigenvalue weighted by atomic mass is 16.5. The standard InChI is InChI=1S/C17H24N2O2/c18-16(20)17(8-10-21-11-9-17)12-19-15(14-6-7-14)13-4-2-1-3-5-13/h1-5,14-15,19H,6-12H2,(H2,18,20)/t15-/m1/s1. The lowest BCUT2D eigenvalue weighted by atomic mass is 9.79. The molecule has 1 aliphatic heterocycles. The zero-order valence-corrected chi connectivity index (χ0v) is 12.4. The second kappa shape index (κ2) is 6.16. The Balaban J connectivity index is 1.70. The van der Waals surface area contributed by atoms with Crippen LogP contribution < -0.4 is 11.1 Å². The van der Waals surface area contributed by atoms with Crippen LogP contribution in [-0.2, 0) is 9.53 Å². The van der Waals surface area contributed by atoms with Gasteiger partial charge in [-0.25, -0.2) is 0 Å². The fraction of sp³-hybridized carbons (Fsp3) is 0.588. The number of carbonyl (C=O) groups excluding carboxylic acids is 1. The van der Waals surface area contributed by atoms with Crippen molar-refractivity contribution in [3.63, 3.8) is 0 Å². The number of hydrogen-bond acceptors (Lipinski definition) is 3. The third-order valence-electron chi connectivity index (χ3n) is 4.89. The second-order valence-corrected chi connectivity index (χ2v) is 6.36. The third kappa shape index (κ3) is 3.27. The predicted octanol–water partition coefficient (Wildman–Crippen LogP) is 2.01. The number of nitrogens with two attached hydrogens (primary N) is 1. The van der Waals surface area contributed by atoms with E-state index in [-0.39, 0.29) is 5.91 Å². The molecule has 0 spiro atoms. The molecule has 114 valence electrons. The van der Waals surface area contributed by atoms with Gasteiger partial charge in [0.05, 0.1) is 5.41 Å². The summed E-state index contributed by atoms with van der Waals surface area (Å²) in [5.41, 5.74) is 6.55. The van der Waals surface area contributed by atoms with Crippen molar-refractivity contribution in [1.82, 2.24) is 5.32 Å². The molecule has 3 N–H and O–H groups in total. The number of amides is 1. The number of ether oxygens (including phenoxy) is 1. The summed E-state index contributed by atoms with van der Waals surface area (Å²) in [6.07, 6.45) is 3.97. The molecule has 1 saturated carbocycles. The van der Waals surface area contributed by atoms with Crippen molar-refractivity contribution in [2.24, 2.45) is 17.1 Å². The molecule has 1 amide bonds. The summed E-state index contributed by atoms with van der Waals surface area (Å²) in [5, 5.41) is 3.63. The first-order chi connectivity index (χ1) is 10.2. The Hall–Kier alpha value is -1.39.